The maximum Gasteiger partial charge on any atom is 0.0590 e. The number of halogens is 1. The van der Waals surface area contributed by atoms with E-state index >= 15 is 0 Å². The molecule has 3 nitrogen and oxygen atoms in total. The molecule has 0 aliphatic rings. The molecule has 0 aliphatic carbocycles. The van der Waals surface area contributed by atoms with E-state index in [0.717, 1.165) is 10.2 Å². The van der Waals surface area contributed by atoms with E-state index in [9.17, 15) is 0 Å². The van der Waals surface area contributed by atoms with E-state index in [1.165, 1.54) is 0 Å². The maximum atomic E-state index is 6.51. The minimum absolute atomic E-state index is 0.810. The number of rotatable bonds is 2. The lowest BCUT2D eigenvalue weighted by Gasteiger charge is -1.96. The van der Waals surface area contributed by atoms with Gasteiger partial charge in [-0.1, -0.05) is 27.2 Å². The van der Waals surface area contributed by atoms with Gasteiger partial charge in [0.1, 0.15) is 0 Å². The van der Waals surface area contributed by atoms with Gasteiger partial charge in [0.2, 0.25) is 0 Å². The van der Waals surface area contributed by atoms with Crippen LogP contribution in [0.4, 0.5) is 5.69 Å². The number of benzene rings is 1. The van der Waals surface area contributed by atoms with Crippen molar-refractivity contribution in [3.63, 3.8) is 0 Å². The van der Waals surface area contributed by atoms with Gasteiger partial charge >= 0.3 is 0 Å². The van der Waals surface area contributed by atoms with E-state index in [4.69, 9.17) is 5.53 Å². The lowest BCUT2D eigenvalue weighted by molar-refractivity contribution is 1.06. The summed E-state index contributed by atoms with van der Waals surface area (Å²) in [4.78, 5) is 0. The van der Waals surface area contributed by atoms with Crippen LogP contribution in [0.25, 0.3) is 0 Å². The van der Waals surface area contributed by atoms with E-state index in [0.29, 0.717) is 0 Å². The SMILES string of the molecule is N=NNc1cccc(Br)c1. The van der Waals surface area contributed by atoms with E-state index in [1.54, 1.807) is 0 Å². The molecule has 52 valence electrons. The Bertz CT molecular complexity index is 236. The summed E-state index contributed by atoms with van der Waals surface area (Å²) in [5.74, 6) is 0. The van der Waals surface area contributed by atoms with Crippen LogP contribution in [0, 0.1) is 5.53 Å². The molecular formula is C6H6BrN3. The summed E-state index contributed by atoms with van der Waals surface area (Å²) in [6.07, 6.45) is 0. The molecule has 0 saturated heterocycles. The van der Waals surface area contributed by atoms with Crippen LogP contribution in [0.1, 0.15) is 0 Å². The largest absolute Gasteiger partial charge is 0.260 e. The molecule has 0 radical (unpaired) electrons. The van der Waals surface area contributed by atoms with Crippen molar-refractivity contribution in [2.45, 2.75) is 0 Å². The minimum atomic E-state index is 0.810. The Morgan fingerprint density at radius 3 is 2.90 bits per heavy atom. The first kappa shape index (κ1) is 7.21. The van der Waals surface area contributed by atoms with Crippen LogP contribution in [0.15, 0.2) is 34.0 Å². The predicted molar refractivity (Wildman–Crippen MR) is 42.9 cm³/mol. The third-order valence-electron chi connectivity index (χ3n) is 1.01. The van der Waals surface area contributed by atoms with Crippen molar-refractivity contribution in [1.82, 2.24) is 0 Å². The van der Waals surface area contributed by atoms with Crippen molar-refractivity contribution in [3.05, 3.63) is 28.7 Å². The van der Waals surface area contributed by atoms with E-state index in [2.05, 4.69) is 26.6 Å². The average Bonchev–Trinajstić information content (AvgIpc) is 1.88. The summed E-state index contributed by atoms with van der Waals surface area (Å²) >= 11 is 3.29. The van der Waals surface area contributed by atoms with Crippen molar-refractivity contribution < 1.29 is 0 Å². The monoisotopic (exact) mass is 199 g/mol. The van der Waals surface area contributed by atoms with Gasteiger partial charge in [0.25, 0.3) is 0 Å². The predicted octanol–water partition coefficient (Wildman–Crippen LogP) is 2.81. The summed E-state index contributed by atoms with van der Waals surface area (Å²) in [6, 6.07) is 7.47. The lowest BCUT2D eigenvalue weighted by atomic mass is 10.3. The van der Waals surface area contributed by atoms with Crippen LogP contribution in [-0.4, -0.2) is 0 Å². The molecule has 0 fully saturated rings. The van der Waals surface area contributed by atoms with Gasteiger partial charge < -0.3 is 0 Å². The molecule has 0 atom stereocenters. The Morgan fingerprint density at radius 2 is 2.30 bits per heavy atom. The summed E-state index contributed by atoms with van der Waals surface area (Å²) < 4.78 is 0.973. The maximum absolute atomic E-state index is 6.51. The zero-order chi connectivity index (χ0) is 7.40. The summed E-state index contributed by atoms with van der Waals surface area (Å²) in [7, 11) is 0. The van der Waals surface area contributed by atoms with Gasteiger partial charge in [-0.3, -0.25) is 5.43 Å². The van der Waals surface area contributed by atoms with Gasteiger partial charge in [-0.15, -0.1) is 0 Å². The number of hydrogen-bond donors (Lipinski definition) is 2. The van der Waals surface area contributed by atoms with Crippen LogP contribution < -0.4 is 5.43 Å². The Morgan fingerprint density at radius 1 is 1.50 bits per heavy atom. The molecule has 1 aromatic carbocycles. The normalized spacial score (nSPS) is 8.90. The topological polar surface area (TPSA) is 48.2 Å². The first-order valence-electron chi connectivity index (χ1n) is 2.71. The molecule has 0 heterocycles. The van der Waals surface area contributed by atoms with Crippen molar-refractivity contribution in [2.24, 2.45) is 5.22 Å². The molecule has 2 N–H and O–H groups in total. The van der Waals surface area contributed by atoms with Gasteiger partial charge in [-0.25, -0.2) is 0 Å². The first-order valence-corrected chi connectivity index (χ1v) is 3.50. The molecule has 0 aliphatic heterocycles. The van der Waals surface area contributed by atoms with Gasteiger partial charge in [-0.05, 0) is 18.2 Å². The Labute approximate surface area is 67.1 Å². The third-order valence-corrected chi connectivity index (χ3v) is 1.50. The van der Waals surface area contributed by atoms with Crippen LogP contribution in [0.2, 0.25) is 0 Å². The Kier molecular flexibility index (Phi) is 2.39. The second kappa shape index (κ2) is 3.31. The highest BCUT2D eigenvalue weighted by molar-refractivity contribution is 9.10. The number of nitrogens with zero attached hydrogens (tertiary/aromatic N) is 1. The zero-order valence-electron chi connectivity index (χ0n) is 5.13. The fraction of sp³-hybridized carbons (Fsp3) is 0. The highest BCUT2D eigenvalue weighted by Gasteiger charge is 1.88. The smallest absolute Gasteiger partial charge is 0.0590 e. The zero-order valence-corrected chi connectivity index (χ0v) is 6.72. The summed E-state index contributed by atoms with van der Waals surface area (Å²) in [5, 5.41) is 3.03. The molecule has 1 aromatic rings. The highest BCUT2D eigenvalue weighted by Crippen LogP contribution is 2.14. The molecular weight excluding hydrogens is 194 g/mol. The lowest BCUT2D eigenvalue weighted by Crippen LogP contribution is -1.83. The van der Waals surface area contributed by atoms with Crippen LogP contribution in [0.5, 0.6) is 0 Å². The number of hydrogen-bond acceptors (Lipinski definition) is 2. The van der Waals surface area contributed by atoms with Crippen LogP contribution in [-0.2, 0) is 0 Å². The third kappa shape index (κ3) is 1.80. The number of anilines is 1. The molecule has 0 spiro atoms. The minimum Gasteiger partial charge on any atom is -0.260 e. The molecule has 4 heteroatoms. The Hall–Kier alpha value is -0.900. The molecule has 0 unspecified atom stereocenters. The molecule has 0 saturated carbocycles. The van der Waals surface area contributed by atoms with Crippen LogP contribution >= 0.6 is 15.9 Å². The quantitative estimate of drug-likeness (QED) is 0.559. The second-order valence-corrected chi connectivity index (χ2v) is 2.65. The van der Waals surface area contributed by atoms with Crippen LogP contribution in [0.3, 0.4) is 0 Å². The van der Waals surface area contributed by atoms with Gasteiger partial charge in [-0.2, -0.15) is 5.53 Å². The standard InChI is InChI=1S/C6H6BrN3/c7-5-2-1-3-6(4-5)9-10-8/h1-4H,(H2,8,9). The fourth-order valence-electron chi connectivity index (χ4n) is 0.623. The molecule has 10 heavy (non-hydrogen) atoms. The average molecular weight is 200 g/mol. The van der Waals surface area contributed by atoms with Gasteiger partial charge in [0, 0.05) is 4.47 Å². The van der Waals surface area contributed by atoms with Crippen molar-refractivity contribution in [3.8, 4) is 0 Å². The van der Waals surface area contributed by atoms with Crippen molar-refractivity contribution in [1.29, 1.82) is 5.53 Å². The first-order chi connectivity index (χ1) is 4.83. The summed E-state index contributed by atoms with van der Waals surface area (Å²) in [6.45, 7) is 0. The molecule has 0 amide bonds. The van der Waals surface area contributed by atoms with Gasteiger partial charge in [0.05, 0.1) is 5.69 Å². The van der Waals surface area contributed by atoms with E-state index in [1.807, 2.05) is 24.3 Å². The molecule has 0 aromatic heterocycles. The van der Waals surface area contributed by atoms with Gasteiger partial charge in [0.15, 0.2) is 0 Å². The second-order valence-electron chi connectivity index (χ2n) is 1.73. The van der Waals surface area contributed by atoms with Crippen molar-refractivity contribution in [2.75, 3.05) is 5.43 Å². The highest BCUT2D eigenvalue weighted by atomic mass is 79.9. The fourth-order valence-corrected chi connectivity index (χ4v) is 1.02. The molecule has 1 rings (SSSR count). The Balaban J connectivity index is 2.84. The molecule has 0 bridgehead atoms. The number of nitrogens with one attached hydrogen (secondary N) is 2. The van der Waals surface area contributed by atoms with E-state index in [-0.39, 0.29) is 0 Å². The van der Waals surface area contributed by atoms with Crippen molar-refractivity contribution >= 4 is 21.6 Å². The summed E-state index contributed by atoms with van der Waals surface area (Å²) in [5.41, 5.74) is 9.83. The van der Waals surface area contributed by atoms with E-state index < -0.39 is 0 Å².